The van der Waals surface area contributed by atoms with Gasteiger partial charge >= 0.3 is 24.3 Å². The zero-order valence-electron chi connectivity index (χ0n) is 19.2. The Morgan fingerprint density at radius 2 is 1.77 bits per heavy atom. The van der Waals surface area contributed by atoms with Crippen LogP contribution < -0.4 is 10.5 Å². The number of nitrogens with zero attached hydrogens (tertiary/aromatic N) is 3. The average Bonchev–Trinajstić information content (AvgIpc) is 3.46. The number of nitrogens with one attached hydrogen (secondary N) is 1. The van der Waals surface area contributed by atoms with Gasteiger partial charge in [-0.15, -0.1) is 0 Å². The molecule has 1 aliphatic heterocycles. The lowest BCUT2D eigenvalue weighted by Gasteiger charge is -2.23. The van der Waals surface area contributed by atoms with E-state index in [4.69, 9.17) is 58.7 Å². The second-order valence-electron chi connectivity index (χ2n) is 7.66. The molecule has 2 aromatic heterocycles. The van der Waals surface area contributed by atoms with Crippen molar-refractivity contribution in [3.05, 3.63) is 34.2 Å². The Labute approximate surface area is 224 Å². The maximum atomic E-state index is 10.6. The molecule has 3 heterocycles. The molecule has 0 saturated heterocycles. The molecule has 4 rings (SSSR count). The standard InChI is InChI=1S/C17H15Cl2N5O.2C2HF3O2/c18-11-5-13(25-4-3-20)15-14(9-6-22-23-7-9)12-2-1-10(21)8-24(12)17(15)16(11)19;2*3-2(4,5)1(6)7/h5-7,10H,1-2,4,8,21H2,(H,22,23);2*(H,6,7). The van der Waals surface area contributed by atoms with Gasteiger partial charge in [0.25, 0.3) is 0 Å². The minimum atomic E-state index is -5.08. The van der Waals surface area contributed by atoms with E-state index in [2.05, 4.69) is 14.8 Å². The molecule has 39 heavy (non-hydrogen) atoms. The summed E-state index contributed by atoms with van der Waals surface area (Å²) in [4.78, 5) is 17.8. The molecule has 1 aromatic carbocycles. The van der Waals surface area contributed by atoms with Crippen LogP contribution in [0.5, 0.6) is 5.75 Å². The summed E-state index contributed by atoms with van der Waals surface area (Å²) in [6, 6.07) is 3.71. The highest BCUT2D eigenvalue weighted by molar-refractivity contribution is 6.45. The number of rotatable bonds is 3. The van der Waals surface area contributed by atoms with Crippen molar-refractivity contribution in [2.45, 2.75) is 37.8 Å². The molecular weight excluding hydrogens is 587 g/mol. The molecule has 5 N–H and O–H groups in total. The molecule has 0 saturated carbocycles. The average molecular weight is 604 g/mol. The lowest BCUT2D eigenvalue weighted by Crippen LogP contribution is -2.31. The third-order valence-electron chi connectivity index (χ3n) is 5.03. The van der Waals surface area contributed by atoms with Crippen LogP contribution in [0.25, 0.3) is 22.0 Å². The van der Waals surface area contributed by atoms with Gasteiger partial charge in [-0.3, -0.25) is 5.10 Å². The molecule has 0 bridgehead atoms. The molecule has 0 fully saturated rings. The first kappa shape index (κ1) is 31.5. The minimum Gasteiger partial charge on any atom is -0.478 e. The number of alkyl halides is 6. The largest absolute Gasteiger partial charge is 0.490 e. The van der Waals surface area contributed by atoms with Gasteiger partial charge in [-0.05, 0) is 12.8 Å². The van der Waals surface area contributed by atoms with Gasteiger partial charge in [-0.1, -0.05) is 23.2 Å². The summed E-state index contributed by atoms with van der Waals surface area (Å²) in [5, 5.41) is 31.8. The normalized spacial score (nSPS) is 14.7. The van der Waals surface area contributed by atoms with E-state index < -0.39 is 24.3 Å². The van der Waals surface area contributed by atoms with Crippen molar-refractivity contribution in [2.75, 3.05) is 6.61 Å². The summed E-state index contributed by atoms with van der Waals surface area (Å²) in [5.74, 6) is -4.97. The number of carbonyl (C=O) groups is 2. The molecule has 1 atom stereocenters. The van der Waals surface area contributed by atoms with Crippen molar-refractivity contribution < 1.29 is 50.9 Å². The number of aromatic nitrogens is 3. The highest BCUT2D eigenvalue weighted by Gasteiger charge is 2.39. The molecule has 0 aliphatic carbocycles. The fourth-order valence-electron chi connectivity index (χ4n) is 3.53. The van der Waals surface area contributed by atoms with Gasteiger partial charge in [0.05, 0.1) is 27.1 Å². The molecular formula is C21H17Cl2F6N5O5. The number of nitriles is 1. The number of fused-ring (bicyclic) bond motifs is 3. The maximum Gasteiger partial charge on any atom is 0.490 e. The molecule has 18 heteroatoms. The molecule has 0 radical (unpaired) electrons. The molecule has 0 amide bonds. The zero-order chi connectivity index (χ0) is 29.7. The molecule has 1 aliphatic rings. The van der Waals surface area contributed by atoms with Gasteiger partial charge < -0.3 is 25.3 Å². The summed E-state index contributed by atoms with van der Waals surface area (Å²) >= 11 is 12.9. The monoisotopic (exact) mass is 603 g/mol. The van der Waals surface area contributed by atoms with Gasteiger partial charge in [0.15, 0.2) is 6.61 Å². The van der Waals surface area contributed by atoms with Crippen molar-refractivity contribution in [3.63, 3.8) is 0 Å². The van der Waals surface area contributed by atoms with Crippen LogP contribution in [0.15, 0.2) is 18.5 Å². The third-order valence-corrected chi connectivity index (χ3v) is 5.80. The third kappa shape index (κ3) is 7.68. The predicted octanol–water partition coefficient (Wildman–Crippen LogP) is 4.78. The Bertz CT molecular complexity index is 1360. The first-order valence-corrected chi connectivity index (χ1v) is 11.1. The Morgan fingerprint density at radius 1 is 1.21 bits per heavy atom. The maximum absolute atomic E-state index is 10.6. The fourth-order valence-corrected chi connectivity index (χ4v) is 3.97. The van der Waals surface area contributed by atoms with Crippen LogP contribution in [0.2, 0.25) is 10.0 Å². The van der Waals surface area contributed by atoms with Crippen molar-refractivity contribution in [3.8, 4) is 22.9 Å². The zero-order valence-corrected chi connectivity index (χ0v) is 20.7. The summed E-state index contributed by atoms with van der Waals surface area (Å²) in [6.07, 6.45) is -4.86. The number of halogens is 8. The number of benzene rings is 1. The summed E-state index contributed by atoms with van der Waals surface area (Å²) in [7, 11) is 0. The van der Waals surface area contributed by atoms with E-state index in [1.165, 1.54) is 0 Å². The highest BCUT2D eigenvalue weighted by atomic mass is 35.5. The topological polar surface area (TPSA) is 167 Å². The number of aliphatic carboxylic acids is 2. The van der Waals surface area contributed by atoms with Crippen LogP contribution in [0, 0.1) is 11.3 Å². The molecule has 3 aromatic rings. The Balaban J connectivity index is 0.000000317. The summed E-state index contributed by atoms with van der Waals surface area (Å²) in [6.45, 7) is 0.583. The number of aromatic amines is 1. The SMILES string of the molecule is N#CCOc1cc(Cl)c(Cl)c2c1c(-c1cn[nH]c1)c1n2CC(N)CC1.O=C(O)C(F)(F)F.O=C(O)C(F)(F)F. The van der Waals surface area contributed by atoms with Crippen molar-refractivity contribution in [1.82, 2.24) is 14.8 Å². The smallest absolute Gasteiger partial charge is 0.478 e. The van der Waals surface area contributed by atoms with E-state index in [1.807, 2.05) is 12.3 Å². The first-order chi connectivity index (χ1) is 18.0. The Kier molecular flexibility index (Phi) is 10.1. The number of H-pyrrole nitrogens is 1. The van der Waals surface area contributed by atoms with Crippen LogP contribution in [0.3, 0.4) is 0 Å². The van der Waals surface area contributed by atoms with Crippen molar-refractivity contribution >= 4 is 46.0 Å². The number of ether oxygens (including phenoxy) is 1. The number of carboxylic acids is 2. The second kappa shape index (κ2) is 12.5. The quantitative estimate of drug-likeness (QED) is 0.310. The van der Waals surface area contributed by atoms with Crippen LogP contribution in [-0.2, 0) is 22.6 Å². The molecule has 10 nitrogen and oxygen atoms in total. The molecule has 212 valence electrons. The number of hydrogen-bond donors (Lipinski definition) is 4. The van der Waals surface area contributed by atoms with E-state index >= 15 is 0 Å². The van der Waals surface area contributed by atoms with E-state index in [1.54, 1.807) is 12.3 Å². The van der Waals surface area contributed by atoms with E-state index in [0.29, 0.717) is 22.3 Å². The number of carboxylic acid groups (broad SMARTS) is 2. The van der Waals surface area contributed by atoms with Gasteiger partial charge in [-0.25, -0.2) is 9.59 Å². The van der Waals surface area contributed by atoms with Gasteiger partial charge in [-0.2, -0.15) is 36.7 Å². The van der Waals surface area contributed by atoms with Crippen LogP contribution in [-0.4, -0.2) is 61.9 Å². The second-order valence-corrected chi connectivity index (χ2v) is 8.45. The van der Waals surface area contributed by atoms with Crippen LogP contribution in [0.1, 0.15) is 12.1 Å². The van der Waals surface area contributed by atoms with E-state index in [-0.39, 0.29) is 12.6 Å². The number of nitrogens with two attached hydrogens (primary N) is 1. The summed E-state index contributed by atoms with van der Waals surface area (Å²) < 4.78 is 71.3. The van der Waals surface area contributed by atoms with Crippen LogP contribution in [0.4, 0.5) is 26.3 Å². The van der Waals surface area contributed by atoms with Gasteiger partial charge in [0.2, 0.25) is 0 Å². The lowest BCUT2D eigenvalue weighted by atomic mass is 9.99. The Hall–Kier alpha value is -3.68. The fraction of sp³-hybridized carbons (Fsp3) is 0.333. The first-order valence-electron chi connectivity index (χ1n) is 10.4. The van der Waals surface area contributed by atoms with Crippen molar-refractivity contribution in [2.24, 2.45) is 5.73 Å². The molecule has 0 spiro atoms. The van der Waals surface area contributed by atoms with Crippen LogP contribution >= 0.6 is 23.2 Å². The highest BCUT2D eigenvalue weighted by Crippen LogP contribution is 2.47. The lowest BCUT2D eigenvalue weighted by molar-refractivity contribution is -0.193. The van der Waals surface area contributed by atoms with Gasteiger partial charge in [0.1, 0.15) is 11.8 Å². The predicted molar refractivity (Wildman–Crippen MR) is 124 cm³/mol. The van der Waals surface area contributed by atoms with Gasteiger partial charge in [0, 0.05) is 41.7 Å². The molecule has 1 unspecified atom stereocenters. The number of hydrogen-bond acceptors (Lipinski definition) is 6. The van der Waals surface area contributed by atoms with Crippen molar-refractivity contribution in [1.29, 1.82) is 5.26 Å². The summed E-state index contributed by atoms with van der Waals surface area (Å²) in [5.41, 5.74) is 10.1. The Morgan fingerprint density at radius 3 is 2.23 bits per heavy atom. The van der Waals surface area contributed by atoms with E-state index in [9.17, 15) is 26.3 Å². The van der Waals surface area contributed by atoms with E-state index in [0.717, 1.165) is 40.6 Å². The minimum absolute atomic E-state index is 0.0545.